The SMILES string of the molecule is CC(C)(C)Cc1ccnc(-c2[c-]c3oc4cccc(-c5ccccc5)c4c3cc2)c1.[CH3][Ge]([CH3])([CH3])[c]1ccc(-c2[c-]cccc2)nc1.[Ir]. The number of hydrogen-bond acceptors (Lipinski definition) is 3. The van der Waals surface area contributed by atoms with E-state index >= 15 is 0 Å². The summed E-state index contributed by atoms with van der Waals surface area (Å²) in [5, 5.41) is 2.22. The van der Waals surface area contributed by atoms with Gasteiger partial charge in [-0.25, -0.2) is 0 Å². The van der Waals surface area contributed by atoms with Crippen LogP contribution in [0.25, 0.3) is 55.6 Å². The zero-order valence-electron chi connectivity index (χ0n) is 27.9. The largest absolute Gasteiger partial charge is 0 e. The first-order valence-electron chi connectivity index (χ1n) is 15.9. The number of hydrogen-bond donors (Lipinski definition) is 0. The summed E-state index contributed by atoms with van der Waals surface area (Å²) < 4.78 is 7.65. The first kappa shape index (κ1) is 34.5. The van der Waals surface area contributed by atoms with Gasteiger partial charge in [-0.1, -0.05) is 86.3 Å². The normalized spacial score (nSPS) is 11.5. The van der Waals surface area contributed by atoms with Crippen LogP contribution in [-0.4, -0.2) is 23.2 Å². The third-order valence-electron chi connectivity index (χ3n) is 7.95. The Morgan fingerprint density at radius 2 is 1.53 bits per heavy atom. The zero-order chi connectivity index (χ0) is 32.3. The van der Waals surface area contributed by atoms with Gasteiger partial charge in [0.15, 0.2) is 0 Å². The van der Waals surface area contributed by atoms with Gasteiger partial charge in [0.25, 0.3) is 0 Å². The predicted molar refractivity (Wildman–Crippen MR) is 196 cm³/mol. The van der Waals surface area contributed by atoms with E-state index in [1.54, 1.807) is 0 Å². The molecule has 3 aromatic heterocycles. The second-order valence-corrected chi connectivity index (χ2v) is 24.7. The molecule has 3 nitrogen and oxygen atoms in total. The van der Waals surface area contributed by atoms with Crippen LogP contribution in [-0.2, 0) is 26.5 Å². The number of aromatic nitrogens is 2. The second-order valence-electron chi connectivity index (χ2n) is 14.0. The molecule has 0 aliphatic carbocycles. The molecule has 0 amide bonds. The topological polar surface area (TPSA) is 38.9 Å². The number of fused-ring (bicyclic) bond motifs is 3. The number of furan rings is 1. The minimum absolute atomic E-state index is 0. The standard InChI is InChI=1S/C28H24NO.C14H16GeN.Ir/c1-28(2,3)18-19-14-15-29-24(16-19)21-12-13-23-26(17-21)30-25-11-7-10-22(27(23)25)20-8-5-4-6-9-20;1-15(2,3)13-9-10-14(16-11-13)12-7-5-4-6-8-12;/h4-16H,18H2,1-3H3;4-7,9-11H,1-3H3;/q2*-1;. The summed E-state index contributed by atoms with van der Waals surface area (Å²) >= 11 is -1.72. The van der Waals surface area contributed by atoms with Gasteiger partial charge in [0.05, 0.1) is 5.58 Å². The molecule has 0 saturated heterocycles. The summed E-state index contributed by atoms with van der Waals surface area (Å²) in [7, 11) is 0. The van der Waals surface area contributed by atoms with Crippen LogP contribution >= 0.6 is 0 Å². The maximum Gasteiger partial charge on any atom is 0 e. The smallest absolute Gasteiger partial charge is 0 e. The van der Waals surface area contributed by atoms with E-state index in [4.69, 9.17) is 4.42 Å². The average molecular weight is 854 g/mol. The Morgan fingerprint density at radius 3 is 2.21 bits per heavy atom. The number of rotatable bonds is 5. The average Bonchev–Trinajstić information content (AvgIpc) is 3.43. The van der Waals surface area contributed by atoms with E-state index in [0.29, 0.717) is 0 Å². The number of pyridine rings is 2. The van der Waals surface area contributed by atoms with Crippen molar-refractivity contribution in [3.8, 4) is 33.6 Å². The molecule has 0 atom stereocenters. The van der Waals surface area contributed by atoms with Crippen molar-refractivity contribution < 1.29 is 24.5 Å². The van der Waals surface area contributed by atoms with Gasteiger partial charge in [0.1, 0.15) is 5.58 Å². The summed E-state index contributed by atoms with van der Waals surface area (Å²) in [5.41, 5.74) is 9.51. The van der Waals surface area contributed by atoms with E-state index < -0.39 is 13.3 Å². The van der Waals surface area contributed by atoms with E-state index in [1.807, 2.05) is 54.9 Å². The molecule has 5 heteroatoms. The monoisotopic (exact) mass is 855 g/mol. The molecule has 0 bridgehead atoms. The van der Waals surface area contributed by atoms with Crippen molar-refractivity contribution in [2.24, 2.45) is 5.41 Å². The quantitative estimate of drug-likeness (QED) is 0.128. The van der Waals surface area contributed by atoms with Crippen molar-refractivity contribution in [2.75, 3.05) is 0 Å². The molecule has 0 aliphatic rings. The van der Waals surface area contributed by atoms with Gasteiger partial charge in [0, 0.05) is 26.3 Å². The summed E-state index contributed by atoms with van der Waals surface area (Å²) in [6.45, 7) is 6.76. The van der Waals surface area contributed by atoms with Crippen molar-refractivity contribution >= 4 is 39.6 Å². The van der Waals surface area contributed by atoms with Crippen molar-refractivity contribution in [3.05, 3.63) is 139 Å². The minimum atomic E-state index is -1.72. The first-order valence-corrected chi connectivity index (χ1v) is 23.2. The van der Waals surface area contributed by atoms with Crippen LogP contribution in [0, 0.1) is 17.5 Å². The van der Waals surface area contributed by atoms with Crippen molar-refractivity contribution in [1.82, 2.24) is 9.97 Å². The van der Waals surface area contributed by atoms with Gasteiger partial charge >= 0.3 is 99.8 Å². The fraction of sp³-hybridized carbons (Fsp3) is 0.190. The Hall–Kier alpha value is -3.83. The third kappa shape index (κ3) is 8.37. The molecule has 7 rings (SSSR count). The van der Waals surface area contributed by atoms with Crippen molar-refractivity contribution in [3.63, 3.8) is 0 Å². The Kier molecular flexibility index (Phi) is 10.7. The Labute approximate surface area is 295 Å². The molecule has 239 valence electrons. The van der Waals surface area contributed by atoms with E-state index in [-0.39, 0.29) is 25.5 Å². The maximum absolute atomic E-state index is 6.20. The van der Waals surface area contributed by atoms with E-state index in [0.717, 1.165) is 50.9 Å². The maximum atomic E-state index is 6.20. The Bertz CT molecular complexity index is 2070. The minimum Gasteiger partial charge on any atom is 0 e. The Balaban J connectivity index is 0.000000217. The number of nitrogens with zero attached hydrogens (tertiary/aromatic N) is 2. The molecular weight excluding hydrogens is 813 g/mol. The Morgan fingerprint density at radius 1 is 0.745 bits per heavy atom. The van der Waals surface area contributed by atoms with Crippen LogP contribution in [0.15, 0.2) is 126 Å². The molecule has 0 fully saturated rings. The predicted octanol–water partition coefficient (Wildman–Crippen LogP) is 10.8. The fourth-order valence-corrected chi connectivity index (χ4v) is 7.83. The summed E-state index contributed by atoms with van der Waals surface area (Å²) in [6.07, 6.45) is 4.94. The van der Waals surface area contributed by atoms with Gasteiger partial charge in [0.2, 0.25) is 0 Å². The molecule has 1 radical (unpaired) electrons. The van der Waals surface area contributed by atoms with Crippen LogP contribution in [0.3, 0.4) is 0 Å². The molecule has 0 N–H and O–H groups in total. The molecular formula is C42H40GeIrN2O-2. The molecule has 0 unspecified atom stereocenters. The molecule has 0 saturated carbocycles. The summed E-state index contributed by atoms with van der Waals surface area (Å²) in [5.74, 6) is 7.14. The van der Waals surface area contributed by atoms with Crippen LogP contribution < -0.4 is 4.40 Å². The van der Waals surface area contributed by atoms with Gasteiger partial charge in [-0.3, -0.25) is 0 Å². The summed E-state index contributed by atoms with van der Waals surface area (Å²) in [4.78, 5) is 9.12. The number of benzene rings is 4. The molecule has 7 aromatic rings. The van der Waals surface area contributed by atoms with E-state index in [2.05, 4.69) is 127 Å². The van der Waals surface area contributed by atoms with Crippen molar-refractivity contribution in [2.45, 2.75) is 44.5 Å². The van der Waals surface area contributed by atoms with Crippen molar-refractivity contribution in [1.29, 1.82) is 0 Å². The third-order valence-corrected chi connectivity index (χ3v) is 12.2. The van der Waals surface area contributed by atoms with E-state index in [9.17, 15) is 0 Å². The van der Waals surface area contributed by atoms with E-state index in [1.165, 1.54) is 21.1 Å². The van der Waals surface area contributed by atoms with Gasteiger partial charge in [-0.15, -0.1) is 17.7 Å². The molecule has 0 spiro atoms. The molecule has 3 heterocycles. The van der Waals surface area contributed by atoms with Crippen LogP contribution in [0.5, 0.6) is 0 Å². The van der Waals surface area contributed by atoms with Gasteiger partial charge in [-0.05, 0) is 46.2 Å². The zero-order valence-corrected chi connectivity index (χ0v) is 32.4. The van der Waals surface area contributed by atoms with Crippen LogP contribution in [0.1, 0.15) is 26.3 Å². The van der Waals surface area contributed by atoms with Gasteiger partial charge < -0.3 is 9.40 Å². The fourth-order valence-electron chi connectivity index (χ4n) is 5.66. The second kappa shape index (κ2) is 14.5. The van der Waals surface area contributed by atoms with Crippen LogP contribution in [0.2, 0.25) is 17.3 Å². The van der Waals surface area contributed by atoms with Gasteiger partial charge in [-0.2, -0.15) is 0 Å². The molecule has 4 aromatic carbocycles. The first-order chi connectivity index (χ1) is 22.0. The molecule has 47 heavy (non-hydrogen) atoms. The molecule has 0 aliphatic heterocycles. The summed E-state index contributed by atoms with van der Waals surface area (Å²) in [6, 6.07) is 44.1. The van der Waals surface area contributed by atoms with Crippen LogP contribution in [0.4, 0.5) is 0 Å².